The van der Waals surface area contributed by atoms with Crippen LogP contribution in [0, 0.1) is 6.92 Å². The van der Waals surface area contributed by atoms with E-state index in [1.54, 1.807) is 33.8 Å². The van der Waals surface area contributed by atoms with Gasteiger partial charge >= 0.3 is 0 Å². The average molecular weight is 505 g/mol. The molecule has 0 unspecified atom stereocenters. The molecule has 0 radical (unpaired) electrons. The number of anilines is 1. The molecule has 178 valence electrons. The lowest BCUT2D eigenvalue weighted by atomic mass is 10.2. The van der Waals surface area contributed by atoms with Gasteiger partial charge in [-0.1, -0.05) is 30.3 Å². The van der Waals surface area contributed by atoms with Gasteiger partial charge in [-0.3, -0.25) is 0 Å². The van der Waals surface area contributed by atoms with Crippen molar-refractivity contribution in [2.24, 2.45) is 0 Å². The van der Waals surface area contributed by atoms with Crippen molar-refractivity contribution in [2.75, 3.05) is 31.1 Å². The van der Waals surface area contributed by atoms with Crippen molar-refractivity contribution >= 4 is 43.9 Å². The molecule has 0 atom stereocenters. The van der Waals surface area contributed by atoms with E-state index < -0.39 is 10.0 Å². The lowest BCUT2D eigenvalue weighted by molar-refractivity contribution is 0.433. The van der Waals surface area contributed by atoms with Crippen LogP contribution in [-0.4, -0.2) is 58.5 Å². The van der Waals surface area contributed by atoms with Gasteiger partial charge in [0, 0.05) is 31.6 Å². The summed E-state index contributed by atoms with van der Waals surface area (Å²) in [5.41, 5.74) is 2.52. The zero-order valence-corrected chi connectivity index (χ0v) is 20.8. The second-order valence-electron chi connectivity index (χ2n) is 8.65. The normalized spacial score (nSPS) is 15.6. The van der Waals surface area contributed by atoms with Gasteiger partial charge in [0.1, 0.15) is 0 Å². The molecule has 0 spiro atoms. The van der Waals surface area contributed by atoms with Crippen molar-refractivity contribution in [1.29, 1.82) is 0 Å². The summed E-state index contributed by atoms with van der Waals surface area (Å²) >= 11 is 1.61. The number of benzene rings is 2. The van der Waals surface area contributed by atoms with E-state index in [2.05, 4.69) is 15.1 Å². The van der Waals surface area contributed by atoms with E-state index in [4.69, 9.17) is 4.98 Å². The van der Waals surface area contributed by atoms with Crippen molar-refractivity contribution in [2.45, 2.75) is 18.2 Å². The Labute approximate surface area is 207 Å². The molecule has 2 aromatic carbocycles. The molecule has 1 aliphatic rings. The van der Waals surface area contributed by atoms with E-state index >= 15 is 0 Å². The maximum absolute atomic E-state index is 13.4. The van der Waals surface area contributed by atoms with Gasteiger partial charge in [-0.25, -0.2) is 17.8 Å². The van der Waals surface area contributed by atoms with E-state index in [1.165, 1.54) is 0 Å². The van der Waals surface area contributed by atoms with Crippen LogP contribution >= 0.6 is 11.3 Å². The third kappa shape index (κ3) is 3.87. The molecule has 0 aliphatic carbocycles. The molecule has 0 bridgehead atoms. The highest BCUT2D eigenvalue weighted by Crippen LogP contribution is 2.31. The van der Waals surface area contributed by atoms with Crippen LogP contribution in [0.15, 0.2) is 70.9 Å². The lowest BCUT2D eigenvalue weighted by Gasteiger charge is -2.24. The van der Waals surface area contributed by atoms with Crippen LogP contribution < -0.4 is 4.90 Å². The molecule has 1 fully saturated rings. The van der Waals surface area contributed by atoms with Crippen LogP contribution in [-0.2, 0) is 10.0 Å². The van der Waals surface area contributed by atoms with E-state index in [-0.39, 0.29) is 0 Å². The number of rotatable bonds is 4. The number of nitrogens with zero attached hydrogens (tertiary/aromatic N) is 6. The molecule has 4 heterocycles. The third-order valence-electron chi connectivity index (χ3n) is 6.34. The smallest absolute Gasteiger partial charge is 0.243 e. The second-order valence-corrected chi connectivity index (χ2v) is 11.5. The first-order valence-corrected chi connectivity index (χ1v) is 13.8. The van der Waals surface area contributed by atoms with Crippen molar-refractivity contribution in [3.05, 3.63) is 71.6 Å². The average Bonchev–Trinajstić information content (AvgIpc) is 3.48. The molecule has 1 saturated heterocycles. The van der Waals surface area contributed by atoms with Crippen LogP contribution in [0.1, 0.15) is 12.0 Å². The van der Waals surface area contributed by atoms with Gasteiger partial charge in [0.15, 0.2) is 11.5 Å². The molecular formula is C25H24N6O2S2. The minimum atomic E-state index is -3.57. The number of hydrogen-bond donors (Lipinski definition) is 0. The molecule has 3 aromatic heterocycles. The van der Waals surface area contributed by atoms with Crippen molar-refractivity contribution in [1.82, 2.24) is 23.9 Å². The Morgan fingerprint density at radius 3 is 2.63 bits per heavy atom. The zero-order chi connectivity index (χ0) is 24.0. The Kier molecular flexibility index (Phi) is 5.51. The standard InChI is InChI=1S/C25H24N6O2S2/c1-18-7-4-8-19(17-18)35(32,33)30-13-6-12-29(14-15-30)25-26-21-10-3-2-9-20(21)23-27-28-24(31(23)25)22-11-5-16-34-22/h2-5,7-11,16-17H,6,12-15H2,1H3. The summed E-state index contributed by atoms with van der Waals surface area (Å²) in [4.78, 5) is 8.52. The fourth-order valence-corrected chi connectivity index (χ4v) is 6.88. The third-order valence-corrected chi connectivity index (χ3v) is 9.10. The summed E-state index contributed by atoms with van der Waals surface area (Å²) in [7, 11) is -3.57. The molecule has 6 rings (SSSR count). The van der Waals surface area contributed by atoms with E-state index in [1.807, 2.05) is 59.2 Å². The van der Waals surface area contributed by atoms with Gasteiger partial charge in [-0.15, -0.1) is 21.5 Å². The maximum Gasteiger partial charge on any atom is 0.243 e. The van der Waals surface area contributed by atoms with Crippen LogP contribution in [0.4, 0.5) is 5.95 Å². The molecule has 10 heteroatoms. The summed E-state index contributed by atoms with van der Waals surface area (Å²) in [6.07, 6.45) is 0.692. The van der Waals surface area contributed by atoms with Crippen LogP contribution in [0.25, 0.3) is 27.3 Å². The van der Waals surface area contributed by atoms with Crippen molar-refractivity contribution < 1.29 is 8.42 Å². The van der Waals surface area contributed by atoms with Crippen LogP contribution in [0.5, 0.6) is 0 Å². The Morgan fingerprint density at radius 2 is 1.80 bits per heavy atom. The molecule has 0 saturated carbocycles. The van der Waals surface area contributed by atoms with Crippen LogP contribution in [0.2, 0.25) is 0 Å². The summed E-state index contributed by atoms with van der Waals surface area (Å²) in [6, 6.07) is 19.0. The topological polar surface area (TPSA) is 83.7 Å². The molecule has 35 heavy (non-hydrogen) atoms. The number of sulfonamides is 1. The molecule has 5 aromatic rings. The number of fused-ring (bicyclic) bond motifs is 3. The summed E-state index contributed by atoms with van der Waals surface area (Å²) in [5.74, 6) is 1.48. The first kappa shape index (κ1) is 22.1. The zero-order valence-electron chi connectivity index (χ0n) is 19.2. The van der Waals surface area contributed by atoms with Crippen molar-refractivity contribution in [3.63, 3.8) is 0 Å². The number of thiophene rings is 1. The van der Waals surface area contributed by atoms with Gasteiger partial charge < -0.3 is 4.90 Å². The van der Waals surface area contributed by atoms with Gasteiger partial charge in [0.05, 0.1) is 15.3 Å². The molecule has 1 aliphatic heterocycles. The maximum atomic E-state index is 13.4. The van der Waals surface area contributed by atoms with Crippen molar-refractivity contribution in [3.8, 4) is 10.7 Å². The number of aryl methyl sites for hydroxylation is 1. The predicted molar refractivity (Wildman–Crippen MR) is 138 cm³/mol. The first-order valence-electron chi connectivity index (χ1n) is 11.5. The quantitative estimate of drug-likeness (QED) is 0.365. The highest BCUT2D eigenvalue weighted by atomic mass is 32.2. The Bertz CT molecular complexity index is 1630. The second kappa shape index (κ2) is 8.71. The Balaban J connectivity index is 1.41. The molecular weight excluding hydrogens is 480 g/mol. The van der Waals surface area contributed by atoms with Gasteiger partial charge in [0.2, 0.25) is 16.0 Å². The monoisotopic (exact) mass is 504 g/mol. The van der Waals surface area contributed by atoms with E-state index in [9.17, 15) is 8.42 Å². The van der Waals surface area contributed by atoms with E-state index in [0.29, 0.717) is 37.5 Å². The summed E-state index contributed by atoms with van der Waals surface area (Å²) in [6.45, 7) is 3.95. The number of hydrogen-bond acceptors (Lipinski definition) is 7. The summed E-state index contributed by atoms with van der Waals surface area (Å²) < 4.78 is 30.3. The lowest BCUT2D eigenvalue weighted by Crippen LogP contribution is -2.36. The SMILES string of the molecule is Cc1cccc(S(=O)(=O)N2CCCN(c3nc4ccccc4c4nnc(-c5cccs5)n34)CC2)c1. The highest BCUT2D eigenvalue weighted by Gasteiger charge is 2.29. The number of aromatic nitrogens is 4. The molecule has 8 nitrogen and oxygen atoms in total. The minimum absolute atomic E-state index is 0.343. The van der Waals surface area contributed by atoms with Gasteiger partial charge in [-0.05, 0) is 54.6 Å². The van der Waals surface area contributed by atoms with Crippen LogP contribution in [0.3, 0.4) is 0 Å². The van der Waals surface area contributed by atoms with Gasteiger partial charge in [-0.2, -0.15) is 4.31 Å². The predicted octanol–water partition coefficient (Wildman–Crippen LogP) is 4.22. The Hall–Kier alpha value is -3.34. The molecule has 0 amide bonds. The fraction of sp³-hybridized carbons (Fsp3) is 0.240. The summed E-state index contributed by atoms with van der Waals surface area (Å²) in [5, 5.41) is 12.0. The minimum Gasteiger partial charge on any atom is -0.340 e. The fourth-order valence-electron chi connectivity index (χ4n) is 4.60. The van der Waals surface area contributed by atoms with Gasteiger partial charge in [0.25, 0.3) is 0 Å². The largest absolute Gasteiger partial charge is 0.340 e. The number of para-hydroxylation sites is 1. The Morgan fingerprint density at radius 1 is 0.914 bits per heavy atom. The first-order chi connectivity index (χ1) is 17.0. The highest BCUT2D eigenvalue weighted by molar-refractivity contribution is 7.89. The molecule has 0 N–H and O–H groups in total. The van der Waals surface area contributed by atoms with E-state index in [0.717, 1.165) is 38.8 Å².